The predicted molar refractivity (Wildman–Crippen MR) is 98.3 cm³/mol. The minimum atomic E-state index is -0.492. The number of fused-ring (bicyclic) bond motifs is 5. The summed E-state index contributed by atoms with van der Waals surface area (Å²) in [4.78, 5) is 0. The van der Waals surface area contributed by atoms with Crippen LogP contribution in [-0.4, -0.2) is 16.4 Å². The molecule has 24 heavy (non-hydrogen) atoms. The lowest BCUT2D eigenvalue weighted by atomic mass is 9.43. The summed E-state index contributed by atoms with van der Waals surface area (Å²) < 4.78 is 11.4. The van der Waals surface area contributed by atoms with Gasteiger partial charge in [0.25, 0.3) is 0 Å². The van der Waals surface area contributed by atoms with E-state index in [0.717, 1.165) is 32.1 Å². The first kappa shape index (κ1) is 17.2. The summed E-state index contributed by atoms with van der Waals surface area (Å²) in [6, 6.07) is 0. The third-order valence-electron chi connectivity index (χ3n) is 9.17. The van der Waals surface area contributed by atoms with Gasteiger partial charge in [-0.1, -0.05) is 25.5 Å². The quantitative estimate of drug-likeness (QED) is 0.484. The molecule has 7 atom stereocenters. The van der Waals surface area contributed by atoms with E-state index >= 15 is 0 Å². The first-order chi connectivity index (χ1) is 11.4. The first-order valence-electron chi connectivity index (χ1n) is 10.1. The van der Waals surface area contributed by atoms with Crippen LogP contribution in [0.3, 0.4) is 0 Å². The second-order valence-electron chi connectivity index (χ2n) is 9.63. The number of aliphatic hydroxyl groups is 1. The summed E-state index contributed by atoms with van der Waals surface area (Å²) in [5, 5.41) is 12.0. The molecule has 134 valence electrons. The maximum Gasteiger partial charge on any atom is 0.158 e. The zero-order chi connectivity index (χ0) is 17.2. The molecule has 3 heteroatoms. The average Bonchev–Trinajstić information content (AvgIpc) is 2.91. The molecule has 0 aliphatic heterocycles. The molecule has 3 unspecified atom stereocenters. The van der Waals surface area contributed by atoms with Gasteiger partial charge in [-0.05, 0) is 93.3 Å². The van der Waals surface area contributed by atoms with Crippen molar-refractivity contribution in [1.29, 1.82) is 0 Å². The molecule has 0 heterocycles. The third-order valence-corrected chi connectivity index (χ3v) is 9.94. The van der Waals surface area contributed by atoms with Gasteiger partial charge in [-0.3, -0.25) is 4.57 Å². The van der Waals surface area contributed by atoms with Crippen molar-refractivity contribution >= 4 is 8.46 Å². The topological polar surface area (TPSA) is 37.3 Å². The van der Waals surface area contributed by atoms with E-state index in [1.165, 1.54) is 25.7 Å². The predicted octanol–water partition coefficient (Wildman–Crippen LogP) is 5.75. The Hall–Kier alpha value is -0.200. The monoisotopic (exact) mass is 348 g/mol. The molecule has 0 amide bonds. The van der Waals surface area contributed by atoms with Gasteiger partial charge >= 0.3 is 0 Å². The molecule has 1 N–H and O–H groups in total. The maximum atomic E-state index is 12.0. The van der Waals surface area contributed by atoms with Crippen molar-refractivity contribution in [1.82, 2.24) is 0 Å². The van der Waals surface area contributed by atoms with Crippen LogP contribution < -0.4 is 0 Å². The average molecular weight is 348 g/mol. The lowest BCUT2D eigenvalue weighted by molar-refractivity contribution is -0.228. The van der Waals surface area contributed by atoms with Gasteiger partial charge in [-0.15, -0.1) is 0 Å². The van der Waals surface area contributed by atoms with E-state index in [-0.39, 0.29) is 5.41 Å². The smallest absolute Gasteiger partial charge is 0.158 e. The van der Waals surface area contributed by atoms with Crippen molar-refractivity contribution in [3.8, 4) is 0 Å². The van der Waals surface area contributed by atoms with Crippen LogP contribution in [0.25, 0.3) is 0 Å². The number of allylic oxidation sites excluding steroid dienone is 2. The van der Waals surface area contributed by atoms with Gasteiger partial charge in [0, 0.05) is 5.66 Å². The zero-order valence-corrected chi connectivity index (χ0v) is 16.4. The van der Waals surface area contributed by atoms with Crippen LogP contribution >= 0.6 is 8.46 Å². The van der Waals surface area contributed by atoms with Gasteiger partial charge in [-0.25, -0.2) is 0 Å². The number of hydrogen-bond acceptors (Lipinski definition) is 2. The standard InChI is InChI=1S/C21H33O2P/c1-4-14-5-7-17-18-8-6-15-13-16(24-23)9-10-20(15,3)21(18,22)12-11-19(14,17)2/h4,15-18,22H,5-13H2,1-3H3/b14-4-/t15?,16-,17?,18?,19-,20+,21-/m1/s1. The largest absolute Gasteiger partial charge is 0.389 e. The van der Waals surface area contributed by atoms with Crippen molar-refractivity contribution < 1.29 is 9.67 Å². The summed E-state index contributed by atoms with van der Waals surface area (Å²) >= 11 is 0. The Bertz CT molecular complexity index is 572. The lowest BCUT2D eigenvalue weighted by Crippen LogP contribution is -2.65. The summed E-state index contributed by atoms with van der Waals surface area (Å²) in [7, 11) is 0.325. The molecule has 4 aliphatic carbocycles. The van der Waals surface area contributed by atoms with Gasteiger partial charge in [0.05, 0.1) is 5.60 Å². The summed E-state index contributed by atoms with van der Waals surface area (Å²) in [6.45, 7) is 7.04. The van der Waals surface area contributed by atoms with E-state index in [0.29, 0.717) is 37.3 Å². The molecule has 0 saturated heterocycles. The van der Waals surface area contributed by atoms with E-state index in [9.17, 15) is 9.67 Å². The highest BCUT2D eigenvalue weighted by Crippen LogP contribution is 2.69. The molecule has 0 aromatic heterocycles. The fourth-order valence-corrected chi connectivity index (χ4v) is 8.17. The summed E-state index contributed by atoms with van der Waals surface area (Å²) in [5.41, 5.74) is 1.86. The van der Waals surface area contributed by atoms with Crippen LogP contribution in [-0.2, 0) is 4.57 Å². The zero-order valence-electron chi connectivity index (χ0n) is 15.6. The molecule has 0 radical (unpaired) electrons. The van der Waals surface area contributed by atoms with Gasteiger partial charge in [-0.2, -0.15) is 0 Å². The highest BCUT2D eigenvalue weighted by atomic mass is 31.1. The van der Waals surface area contributed by atoms with Gasteiger partial charge in [0.15, 0.2) is 8.46 Å². The summed E-state index contributed by atoms with van der Waals surface area (Å²) in [6.07, 6.45) is 12.5. The van der Waals surface area contributed by atoms with Gasteiger partial charge < -0.3 is 5.11 Å². The van der Waals surface area contributed by atoms with E-state index < -0.39 is 5.60 Å². The maximum absolute atomic E-state index is 12.0. The molecule has 4 rings (SSSR count). The lowest BCUT2D eigenvalue weighted by Gasteiger charge is -2.65. The molecule has 4 fully saturated rings. The Morgan fingerprint density at radius 2 is 1.88 bits per heavy atom. The molecule has 0 aromatic rings. The van der Waals surface area contributed by atoms with Crippen molar-refractivity contribution in [2.75, 3.05) is 0 Å². The fraction of sp³-hybridized carbons (Fsp3) is 0.905. The van der Waals surface area contributed by atoms with Crippen molar-refractivity contribution in [2.24, 2.45) is 28.6 Å². The number of rotatable bonds is 1. The minimum Gasteiger partial charge on any atom is -0.389 e. The number of hydrogen-bond donors (Lipinski definition) is 1. The first-order valence-corrected chi connectivity index (χ1v) is 11.0. The van der Waals surface area contributed by atoms with Crippen LogP contribution in [0.5, 0.6) is 0 Å². The highest BCUT2D eigenvalue weighted by molar-refractivity contribution is 7.24. The van der Waals surface area contributed by atoms with Crippen LogP contribution in [0.1, 0.15) is 78.6 Å². The van der Waals surface area contributed by atoms with E-state index in [2.05, 4.69) is 26.8 Å². The molecule has 2 nitrogen and oxygen atoms in total. The van der Waals surface area contributed by atoms with E-state index in [1.54, 1.807) is 5.57 Å². The molecule has 0 bridgehead atoms. The molecule has 4 aliphatic rings. The Labute approximate surface area is 148 Å². The highest BCUT2D eigenvalue weighted by Gasteiger charge is 2.66. The third kappa shape index (κ3) is 2.05. The normalized spacial score (nSPS) is 55.9. The van der Waals surface area contributed by atoms with Crippen LogP contribution in [0.2, 0.25) is 0 Å². The molecule has 4 saturated carbocycles. The molecule has 0 spiro atoms. The minimum absolute atomic E-state index is 0.0388. The molecular formula is C21H33O2P. The van der Waals surface area contributed by atoms with Crippen molar-refractivity contribution in [3.05, 3.63) is 11.6 Å². The Morgan fingerprint density at radius 3 is 2.58 bits per heavy atom. The summed E-state index contributed by atoms with van der Waals surface area (Å²) in [5.74, 6) is 1.69. The Balaban J connectivity index is 1.68. The molecule has 0 aromatic carbocycles. The van der Waals surface area contributed by atoms with Crippen LogP contribution in [0, 0.1) is 28.6 Å². The van der Waals surface area contributed by atoms with E-state index in [4.69, 9.17) is 0 Å². The fourth-order valence-electron chi connectivity index (χ4n) is 7.60. The van der Waals surface area contributed by atoms with Crippen LogP contribution in [0.4, 0.5) is 0 Å². The second-order valence-corrected chi connectivity index (χ2v) is 10.6. The molecular weight excluding hydrogens is 315 g/mol. The Kier molecular flexibility index (Phi) is 4.05. The van der Waals surface area contributed by atoms with Gasteiger partial charge in [0.2, 0.25) is 0 Å². The van der Waals surface area contributed by atoms with Crippen LogP contribution in [0.15, 0.2) is 11.6 Å². The SMILES string of the molecule is C/C=C1/CCC2C3CCC4C[C@H](P=O)CC[C@]4(C)[C@@]3(O)CC[C@]12C. The van der Waals surface area contributed by atoms with Gasteiger partial charge in [0.1, 0.15) is 0 Å². The van der Waals surface area contributed by atoms with Crippen molar-refractivity contribution in [2.45, 2.75) is 89.8 Å². The van der Waals surface area contributed by atoms with E-state index in [1.807, 2.05) is 0 Å². The van der Waals surface area contributed by atoms with Crippen molar-refractivity contribution in [3.63, 3.8) is 0 Å². The second kappa shape index (κ2) is 5.65. The Morgan fingerprint density at radius 1 is 1.08 bits per heavy atom.